The lowest BCUT2D eigenvalue weighted by Gasteiger charge is -2.01. The number of rotatable bonds is 4. The van der Waals surface area contributed by atoms with Crippen LogP contribution < -0.4 is 0 Å². The van der Waals surface area contributed by atoms with E-state index in [1.165, 1.54) is 5.56 Å². The number of aromatic hydroxyl groups is 1. The first kappa shape index (κ1) is 11.5. The number of allylic oxidation sites excluding steroid dienone is 1. The first-order chi connectivity index (χ1) is 8.36. The van der Waals surface area contributed by atoms with Gasteiger partial charge in [-0.15, -0.1) is 0 Å². The molecule has 0 aliphatic heterocycles. The Labute approximate surface area is 102 Å². The highest BCUT2D eigenvalue weighted by molar-refractivity contribution is 5.48. The molecule has 2 aromatic carbocycles. The molecule has 0 saturated heterocycles. The van der Waals surface area contributed by atoms with Crippen molar-refractivity contribution in [2.24, 2.45) is 0 Å². The number of phenolic OH excluding ortho intramolecular Hbond substituents is 1. The van der Waals surface area contributed by atoms with Crippen LogP contribution in [0, 0.1) is 0 Å². The van der Waals surface area contributed by atoms with Crippen molar-refractivity contribution >= 4 is 6.08 Å². The van der Waals surface area contributed by atoms with Gasteiger partial charge in [0.15, 0.2) is 0 Å². The number of aryl methyl sites for hydroxylation is 1. The van der Waals surface area contributed by atoms with Crippen LogP contribution in [-0.4, -0.2) is 5.11 Å². The topological polar surface area (TPSA) is 20.2 Å². The van der Waals surface area contributed by atoms with E-state index in [-0.39, 0.29) is 0 Å². The third-order valence-corrected chi connectivity index (χ3v) is 2.68. The Morgan fingerprint density at radius 3 is 2.35 bits per heavy atom. The Balaban J connectivity index is 1.88. The molecule has 0 spiro atoms. The molecule has 0 radical (unpaired) electrons. The Morgan fingerprint density at radius 1 is 0.882 bits per heavy atom. The molecule has 0 aliphatic carbocycles. The van der Waals surface area contributed by atoms with Gasteiger partial charge in [-0.25, -0.2) is 0 Å². The molecule has 0 amide bonds. The second kappa shape index (κ2) is 5.90. The van der Waals surface area contributed by atoms with E-state index in [1.54, 1.807) is 6.07 Å². The molecule has 0 atom stereocenters. The molecule has 1 N–H and O–H groups in total. The molecular formula is C16H16O. The van der Waals surface area contributed by atoms with Gasteiger partial charge in [-0.2, -0.15) is 0 Å². The van der Waals surface area contributed by atoms with Crippen molar-refractivity contribution in [1.82, 2.24) is 0 Å². The van der Waals surface area contributed by atoms with E-state index in [4.69, 9.17) is 0 Å². The zero-order chi connectivity index (χ0) is 11.9. The summed E-state index contributed by atoms with van der Waals surface area (Å²) in [6.45, 7) is 0. The lowest BCUT2D eigenvalue weighted by atomic mass is 10.1. The molecule has 17 heavy (non-hydrogen) atoms. The highest BCUT2D eigenvalue weighted by Gasteiger charge is 1.96. The summed E-state index contributed by atoms with van der Waals surface area (Å²) in [4.78, 5) is 0. The zero-order valence-electron chi connectivity index (χ0n) is 9.71. The van der Waals surface area contributed by atoms with E-state index in [1.807, 2.05) is 36.4 Å². The van der Waals surface area contributed by atoms with E-state index in [9.17, 15) is 5.11 Å². The van der Waals surface area contributed by atoms with Gasteiger partial charge in [0.25, 0.3) is 0 Å². The molecule has 0 heterocycles. The molecule has 86 valence electrons. The van der Waals surface area contributed by atoms with Gasteiger partial charge in [0, 0.05) is 0 Å². The van der Waals surface area contributed by atoms with Crippen molar-refractivity contribution in [3.8, 4) is 5.75 Å². The molecule has 0 aromatic heterocycles. The number of para-hydroxylation sites is 1. The summed E-state index contributed by atoms with van der Waals surface area (Å²) in [7, 11) is 0. The van der Waals surface area contributed by atoms with Crippen LogP contribution in [0.15, 0.2) is 60.7 Å². The maximum absolute atomic E-state index is 9.60. The summed E-state index contributed by atoms with van der Waals surface area (Å²) in [5.74, 6) is 0.389. The Bertz CT molecular complexity index is 486. The smallest absolute Gasteiger partial charge is 0.118 e. The summed E-state index contributed by atoms with van der Waals surface area (Å²) in [5.41, 5.74) is 2.22. The molecular weight excluding hydrogens is 208 g/mol. The molecule has 1 heteroatoms. The quantitative estimate of drug-likeness (QED) is 0.831. The fourth-order valence-corrected chi connectivity index (χ4v) is 1.74. The average molecular weight is 224 g/mol. The second-order valence-corrected chi connectivity index (χ2v) is 3.98. The Hall–Kier alpha value is -2.02. The largest absolute Gasteiger partial charge is 0.508 e. The van der Waals surface area contributed by atoms with Gasteiger partial charge in [0.2, 0.25) is 0 Å². The lowest BCUT2D eigenvalue weighted by Crippen LogP contribution is -1.83. The van der Waals surface area contributed by atoms with E-state index < -0.39 is 0 Å². The minimum Gasteiger partial charge on any atom is -0.508 e. The zero-order valence-corrected chi connectivity index (χ0v) is 9.71. The van der Waals surface area contributed by atoms with Crippen LogP contribution >= 0.6 is 0 Å². The number of phenols is 1. The second-order valence-electron chi connectivity index (χ2n) is 3.98. The van der Waals surface area contributed by atoms with E-state index in [0.29, 0.717) is 5.75 Å². The molecule has 2 aromatic rings. The first-order valence-corrected chi connectivity index (χ1v) is 5.85. The van der Waals surface area contributed by atoms with Crippen molar-refractivity contribution in [2.75, 3.05) is 0 Å². The Kier molecular flexibility index (Phi) is 3.98. The summed E-state index contributed by atoms with van der Waals surface area (Å²) >= 11 is 0. The summed E-state index contributed by atoms with van der Waals surface area (Å²) in [6.07, 6.45) is 6.06. The Morgan fingerprint density at radius 2 is 1.59 bits per heavy atom. The van der Waals surface area contributed by atoms with Crippen LogP contribution in [0.4, 0.5) is 0 Å². The highest BCUT2D eigenvalue weighted by Crippen LogP contribution is 2.17. The van der Waals surface area contributed by atoms with E-state index in [0.717, 1.165) is 18.4 Å². The maximum Gasteiger partial charge on any atom is 0.118 e. The monoisotopic (exact) mass is 224 g/mol. The lowest BCUT2D eigenvalue weighted by molar-refractivity contribution is 0.468. The van der Waals surface area contributed by atoms with Crippen molar-refractivity contribution in [2.45, 2.75) is 12.8 Å². The summed E-state index contributed by atoms with van der Waals surface area (Å²) < 4.78 is 0. The van der Waals surface area contributed by atoms with Crippen LogP contribution in [0.2, 0.25) is 0 Å². The van der Waals surface area contributed by atoms with E-state index in [2.05, 4.69) is 24.3 Å². The number of hydrogen-bond donors (Lipinski definition) is 1. The van der Waals surface area contributed by atoms with Crippen molar-refractivity contribution < 1.29 is 5.11 Å². The van der Waals surface area contributed by atoms with Crippen LogP contribution in [0.25, 0.3) is 6.08 Å². The predicted octanol–water partition coefficient (Wildman–Crippen LogP) is 4.04. The predicted molar refractivity (Wildman–Crippen MR) is 71.9 cm³/mol. The average Bonchev–Trinajstić information content (AvgIpc) is 2.38. The van der Waals surface area contributed by atoms with Crippen molar-refractivity contribution in [1.29, 1.82) is 0 Å². The number of benzene rings is 2. The maximum atomic E-state index is 9.60. The molecule has 0 fully saturated rings. The fourth-order valence-electron chi connectivity index (χ4n) is 1.74. The van der Waals surface area contributed by atoms with Crippen molar-refractivity contribution in [3.63, 3.8) is 0 Å². The van der Waals surface area contributed by atoms with Crippen LogP contribution in [0.3, 0.4) is 0 Å². The van der Waals surface area contributed by atoms with Gasteiger partial charge in [0.1, 0.15) is 5.75 Å². The summed E-state index contributed by atoms with van der Waals surface area (Å²) in [5, 5.41) is 9.60. The van der Waals surface area contributed by atoms with Gasteiger partial charge in [-0.3, -0.25) is 0 Å². The highest BCUT2D eigenvalue weighted by atomic mass is 16.3. The van der Waals surface area contributed by atoms with E-state index >= 15 is 0 Å². The van der Waals surface area contributed by atoms with Gasteiger partial charge in [-0.05, 0) is 30.0 Å². The SMILES string of the molecule is Oc1ccccc1CC/C=C\c1ccccc1. The number of hydrogen-bond acceptors (Lipinski definition) is 1. The molecule has 1 nitrogen and oxygen atoms in total. The summed E-state index contributed by atoms with van der Waals surface area (Å²) in [6, 6.07) is 17.7. The fraction of sp³-hybridized carbons (Fsp3) is 0.125. The van der Waals surface area contributed by atoms with Crippen molar-refractivity contribution in [3.05, 3.63) is 71.8 Å². The minimum atomic E-state index is 0.389. The first-order valence-electron chi connectivity index (χ1n) is 5.85. The third-order valence-electron chi connectivity index (χ3n) is 2.68. The van der Waals surface area contributed by atoms with Gasteiger partial charge >= 0.3 is 0 Å². The standard InChI is InChI=1S/C16H16O/c17-16-13-7-6-12-15(16)11-5-4-10-14-8-2-1-3-9-14/h1-4,6-10,12-13,17H,5,11H2/b10-4-. The molecule has 0 aliphatic rings. The van der Waals surface area contributed by atoms with Crippen LogP contribution in [0.5, 0.6) is 5.75 Å². The van der Waals surface area contributed by atoms with Gasteiger partial charge in [-0.1, -0.05) is 60.7 Å². The van der Waals surface area contributed by atoms with Crippen LogP contribution in [0.1, 0.15) is 17.5 Å². The molecule has 0 bridgehead atoms. The minimum absolute atomic E-state index is 0.389. The van der Waals surface area contributed by atoms with Gasteiger partial charge in [0.05, 0.1) is 0 Å². The molecule has 0 saturated carbocycles. The normalized spacial score (nSPS) is 10.8. The third kappa shape index (κ3) is 3.49. The van der Waals surface area contributed by atoms with Crippen LogP contribution in [-0.2, 0) is 6.42 Å². The van der Waals surface area contributed by atoms with Gasteiger partial charge < -0.3 is 5.11 Å². The molecule has 0 unspecified atom stereocenters. The molecule has 2 rings (SSSR count).